The molecular formula is C18H27N5O2. The molecule has 0 radical (unpaired) electrons. The van der Waals surface area contributed by atoms with Crippen molar-refractivity contribution < 1.29 is 9.26 Å². The van der Waals surface area contributed by atoms with E-state index in [1.807, 2.05) is 0 Å². The Kier molecular flexibility index (Phi) is 4.83. The molecule has 1 unspecified atom stereocenters. The lowest BCUT2D eigenvalue weighted by Crippen LogP contribution is -2.24. The Morgan fingerprint density at radius 1 is 1.16 bits per heavy atom. The first-order valence-electron chi connectivity index (χ1n) is 9.64. The van der Waals surface area contributed by atoms with Gasteiger partial charge in [-0.2, -0.15) is 4.98 Å². The lowest BCUT2D eigenvalue weighted by atomic mass is 9.89. The molecule has 2 aliphatic rings. The highest BCUT2D eigenvalue weighted by molar-refractivity contribution is 5.19. The summed E-state index contributed by atoms with van der Waals surface area (Å²) in [7, 11) is 0. The minimum Gasteiger partial charge on any atom is -0.381 e. The van der Waals surface area contributed by atoms with Crippen LogP contribution in [0.5, 0.6) is 0 Å². The number of nitrogens with zero attached hydrogens (tertiary/aromatic N) is 5. The summed E-state index contributed by atoms with van der Waals surface area (Å²) in [5.74, 6) is 2.32. The summed E-state index contributed by atoms with van der Waals surface area (Å²) in [4.78, 5) is 4.73. The Labute approximate surface area is 148 Å². The zero-order valence-electron chi connectivity index (χ0n) is 15.1. The van der Waals surface area contributed by atoms with E-state index in [0.29, 0.717) is 12.0 Å². The molecule has 25 heavy (non-hydrogen) atoms. The molecule has 3 heterocycles. The lowest BCUT2D eigenvalue weighted by Gasteiger charge is -2.26. The Bertz CT molecular complexity index is 700. The van der Waals surface area contributed by atoms with E-state index in [4.69, 9.17) is 14.2 Å². The number of fused-ring (bicyclic) bond motifs is 1. The molecule has 1 saturated heterocycles. The van der Waals surface area contributed by atoms with Gasteiger partial charge in [-0.25, -0.2) is 4.68 Å². The molecule has 136 valence electrons. The van der Waals surface area contributed by atoms with Crippen molar-refractivity contribution >= 4 is 0 Å². The Hall–Kier alpha value is -1.76. The average molecular weight is 345 g/mol. The standard InChI is InChI=1S/C18H27N5O2/c1-3-12(4-2)17-19-18(25-21-17)13-5-6-15-16(11-13)23(22-20-15)14-7-9-24-10-8-14/h12-14H,3-11H2,1-2H3. The minimum absolute atomic E-state index is 0.278. The van der Waals surface area contributed by atoms with Gasteiger partial charge >= 0.3 is 0 Å². The van der Waals surface area contributed by atoms with E-state index >= 15 is 0 Å². The molecule has 2 aromatic rings. The average Bonchev–Trinajstić information content (AvgIpc) is 3.30. The van der Waals surface area contributed by atoms with E-state index in [0.717, 1.165) is 75.6 Å². The highest BCUT2D eigenvalue weighted by Gasteiger charge is 2.31. The largest absolute Gasteiger partial charge is 0.381 e. The number of aromatic nitrogens is 5. The second-order valence-electron chi connectivity index (χ2n) is 7.21. The van der Waals surface area contributed by atoms with Crippen LogP contribution in [0.1, 0.15) is 86.9 Å². The van der Waals surface area contributed by atoms with E-state index in [-0.39, 0.29) is 5.92 Å². The fourth-order valence-corrected chi connectivity index (χ4v) is 4.06. The van der Waals surface area contributed by atoms with E-state index in [1.54, 1.807) is 0 Å². The molecule has 1 atom stereocenters. The van der Waals surface area contributed by atoms with Crippen molar-refractivity contribution in [1.82, 2.24) is 25.1 Å². The van der Waals surface area contributed by atoms with Crippen molar-refractivity contribution in [2.45, 2.75) is 76.7 Å². The zero-order chi connectivity index (χ0) is 17.2. The smallest absolute Gasteiger partial charge is 0.230 e. The molecule has 0 saturated carbocycles. The first kappa shape index (κ1) is 16.7. The molecule has 0 bridgehead atoms. The van der Waals surface area contributed by atoms with Gasteiger partial charge in [0.15, 0.2) is 5.82 Å². The van der Waals surface area contributed by atoms with Gasteiger partial charge in [0.1, 0.15) is 0 Å². The molecular weight excluding hydrogens is 318 g/mol. The maximum Gasteiger partial charge on any atom is 0.230 e. The van der Waals surface area contributed by atoms with Gasteiger partial charge in [-0.3, -0.25) is 0 Å². The van der Waals surface area contributed by atoms with Gasteiger partial charge in [0.25, 0.3) is 0 Å². The van der Waals surface area contributed by atoms with Gasteiger partial charge in [0.05, 0.1) is 17.4 Å². The Morgan fingerprint density at radius 3 is 2.72 bits per heavy atom. The molecule has 1 aliphatic carbocycles. The van der Waals surface area contributed by atoms with Crippen LogP contribution in [0, 0.1) is 0 Å². The molecule has 7 nitrogen and oxygen atoms in total. The van der Waals surface area contributed by atoms with Crippen molar-refractivity contribution in [3.8, 4) is 0 Å². The predicted molar refractivity (Wildman–Crippen MR) is 91.5 cm³/mol. The summed E-state index contributed by atoms with van der Waals surface area (Å²) in [5.41, 5.74) is 2.40. The lowest BCUT2D eigenvalue weighted by molar-refractivity contribution is 0.0647. The van der Waals surface area contributed by atoms with Crippen LogP contribution in [-0.4, -0.2) is 38.3 Å². The Morgan fingerprint density at radius 2 is 1.96 bits per heavy atom. The fraction of sp³-hybridized carbons (Fsp3) is 0.778. The van der Waals surface area contributed by atoms with Crippen LogP contribution in [0.3, 0.4) is 0 Å². The Balaban J connectivity index is 1.53. The van der Waals surface area contributed by atoms with E-state index < -0.39 is 0 Å². The topological polar surface area (TPSA) is 78.9 Å². The molecule has 0 aromatic carbocycles. The first-order valence-corrected chi connectivity index (χ1v) is 9.64. The van der Waals surface area contributed by atoms with Gasteiger partial charge in [0.2, 0.25) is 5.89 Å². The van der Waals surface area contributed by atoms with Gasteiger partial charge < -0.3 is 9.26 Å². The number of aryl methyl sites for hydroxylation is 1. The van der Waals surface area contributed by atoms with Gasteiger partial charge in [-0.15, -0.1) is 5.10 Å². The minimum atomic E-state index is 0.278. The highest BCUT2D eigenvalue weighted by atomic mass is 16.5. The first-order chi connectivity index (χ1) is 12.3. The number of ether oxygens (including phenoxy) is 1. The van der Waals surface area contributed by atoms with Crippen molar-refractivity contribution in [2.24, 2.45) is 0 Å². The summed E-state index contributed by atoms with van der Waals surface area (Å²) < 4.78 is 13.3. The van der Waals surface area contributed by atoms with E-state index in [2.05, 4.69) is 34.0 Å². The third kappa shape index (κ3) is 3.21. The quantitative estimate of drug-likeness (QED) is 0.828. The normalized spacial score (nSPS) is 21.6. The van der Waals surface area contributed by atoms with Crippen molar-refractivity contribution in [2.75, 3.05) is 13.2 Å². The molecule has 1 aliphatic heterocycles. The van der Waals surface area contributed by atoms with Crippen molar-refractivity contribution in [1.29, 1.82) is 0 Å². The summed E-state index contributed by atoms with van der Waals surface area (Å²) >= 11 is 0. The summed E-state index contributed by atoms with van der Waals surface area (Å²) in [6.07, 6.45) is 6.95. The van der Waals surface area contributed by atoms with Gasteiger partial charge in [-0.1, -0.05) is 24.2 Å². The summed E-state index contributed by atoms with van der Waals surface area (Å²) in [5, 5.41) is 13.1. The zero-order valence-corrected chi connectivity index (χ0v) is 15.1. The number of rotatable bonds is 5. The van der Waals surface area contributed by atoms with Crippen LogP contribution in [0.4, 0.5) is 0 Å². The van der Waals surface area contributed by atoms with Crippen molar-refractivity contribution in [3.63, 3.8) is 0 Å². The number of hydrogen-bond donors (Lipinski definition) is 0. The third-order valence-corrected chi connectivity index (χ3v) is 5.73. The van der Waals surface area contributed by atoms with E-state index in [9.17, 15) is 0 Å². The second kappa shape index (κ2) is 7.23. The summed E-state index contributed by atoms with van der Waals surface area (Å²) in [6, 6.07) is 0.409. The van der Waals surface area contributed by atoms with E-state index in [1.165, 1.54) is 5.69 Å². The third-order valence-electron chi connectivity index (χ3n) is 5.73. The van der Waals surface area contributed by atoms with Crippen LogP contribution < -0.4 is 0 Å². The molecule has 2 aromatic heterocycles. The molecule has 1 fully saturated rings. The van der Waals surface area contributed by atoms with Gasteiger partial charge in [-0.05, 0) is 38.5 Å². The molecule has 4 rings (SSSR count). The van der Waals surface area contributed by atoms with Crippen LogP contribution in [0.2, 0.25) is 0 Å². The maximum atomic E-state index is 5.63. The van der Waals surface area contributed by atoms with Gasteiger partial charge in [0, 0.05) is 31.5 Å². The second-order valence-corrected chi connectivity index (χ2v) is 7.21. The van der Waals surface area contributed by atoms with Crippen LogP contribution in [0.25, 0.3) is 0 Å². The van der Waals surface area contributed by atoms with Crippen molar-refractivity contribution in [3.05, 3.63) is 23.1 Å². The fourth-order valence-electron chi connectivity index (χ4n) is 4.06. The molecule has 0 spiro atoms. The molecule has 0 amide bonds. The maximum absolute atomic E-state index is 5.63. The van der Waals surface area contributed by atoms with Crippen LogP contribution >= 0.6 is 0 Å². The number of hydrogen-bond acceptors (Lipinski definition) is 6. The molecule has 0 N–H and O–H groups in total. The SMILES string of the molecule is CCC(CC)c1noc(C2CCc3nnn(C4CCOCC4)c3C2)n1. The highest BCUT2D eigenvalue weighted by Crippen LogP contribution is 2.34. The summed E-state index contributed by atoms with van der Waals surface area (Å²) in [6.45, 7) is 5.97. The van der Waals surface area contributed by atoms with Crippen LogP contribution in [0.15, 0.2) is 4.52 Å². The monoisotopic (exact) mass is 345 g/mol. The molecule has 7 heteroatoms. The predicted octanol–water partition coefficient (Wildman–Crippen LogP) is 3.19. The van der Waals surface area contributed by atoms with Crippen LogP contribution in [-0.2, 0) is 17.6 Å².